The summed E-state index contributed by atoms with van der Waals surface area (Å²) in [6.07, 6.45) is 2.14. The molecule has 3 unspecified atom stereocenters. The summed E-state index contributed by atoms with van der Waals surface area (Å²) in [4.78, 5) is 13.8. The first-order valence-corrected chi connectivity index (χ1v) is 5.97. The zero-order valence-corrected chi connectivity index (χ0v) is 10.3. The van der Waals surface area contributed by atoms with Crippen LogP contribution in [0.15, 0.2) is 0 Å². The number of nitrogens with zero attached hydrogens (tertiary/aromatic N) is 1. The molecule has 3 heteroatoms. The molecule has 0 bridgehead atoms. The molecule has 0 saturated heterocycles. The molecule has 0 aromatic heterocycles. The Kier molecular flexibility index (Phi) is 4.58. The summed E-state index contributed by atoms with van der Waals surface area (Å²) in [5, 5.41) is 0. The van der Waals surface area contributed by atoms with Gasteiger partial charge in [-0.3, -0.25) is 9.69 Å². The third kappa shape index (κ3) is 3.49. The molecule has 3 atom stereocenters. The highest BCUT2D eigenvalue weighted by Gasteiger charge is 2.35. The largest absolute Gasteiger partial charge is 0.465 e. The van der Waals surface area contributed by atoms with Crippen LogP contribution in [0.2, 0.25) is 0 Å². The summed E-state index contributed by atoms with van der Waals surface area (Å²) in [5.74, 6) is 1.56. The smallest absolute Gasteiger partial charge is 0.323 e. The van der Waals surface area contributed by atoms with Gasteiger partial charge in [0.15, 0.2) is 0 Å². The van der Waals surface area contributed by atoms with Gasteiger partial charge >= 0.3 is 5.97 Å². The molecule has 0 aromatic carbocycles. The number of carbonyl (C=O) groups is 1. The third-order valence-corrected chi connectivity index (χ3v) is 3.28. The summed E-state index contributed by atoms with van der Waals surface area (Å²) >= 11 is 0. The van der Waals surface area contributed by atoms with Gasteiger partial charge in [-0.05, 0) is 38.6 Å². The van der Waals surface area contributed by atoms with Gasteiger partial charge in [-0.2, -0.15) is 0 Å². The average Bonchev–Trinajstić information content (AvgIpc) is 2.83. The minimum absolute atomic E-state index is 0.0576. The second-order valence-electron chi connectivity index (χ2n) is 4.59. The van der Waals surface area contributed by atoms with E-state index in [1.165, 1.54) is 6.42 Å². The van der Waals surface area contributed by atoms with Crippen LogP contribution in [-0.4, -0.2) is 37.1 Å². The molecule has 3 nitrogen and oxygen atoms in total. The lowest BCUT2D eigenvalue weighted by molar-refractivity contribution is -0.149. The summed E-state index contributed by atoms with van der Waals surface area (Å²) in [6, 6.07) is -0.0576. The molecular weight excluding hydrogens is 190 g/mol. The second kappa shape index (κ2) is 5.50. The van der Waals surface area contributed by atoms with Gasteiger partial charge in [-0.25, -0.2) is 0 Å². The molecule has 0 aliphatic heterocycles. The van der Waals surface area contributed by atoms with Crippen LogP contribution in [0.4, 0.5) is 0 Å². The Balaban J connectivity index is 2.38. The van der Waals surface area contributed by atoms with Crippen LogP contribution in [0.5, 0.6) is 0 Å². The maximum absolute atomic E-state index is 11.6. The quantitative estimate of drug-likeness (QED) is 0.631. The van der Waals surface area contributed by atoms with Gasteiger partial charge < -0.3 is 4.74 Å². The van der Waals surface area contributed by atoms with Crippen molar-refractivity contribution in [2.45, 2.75) is 39.7 Å². The first-order chi connectivity index (χ1) is 7.10. The van der Waals surface area contributed by atoms with Gasteiger partial charge in [0, 0.05) is 6.54 Å². The lowest BCUT2D eigenvalue weighted by atomic mass is 10.2. The van der Waals surface area contributed by atoms with E-state index in [4.69, 9.17) is 4.74 Å². The molecular formula is C12H23NO2. The molecule has 0 amide bonds. The predicted molar refractivity (Wildman–Crippen MR) is 60.6 cm³/mol. The van der Waals surface area contributed by atoms with Gasteiger partial charge in [-0.1, -0.05) is 13.8 Å². The van der Waals surface area contributed by atoms with Crippen LogP contribution in [0.25, 0.3) is 0 Å². The van der Waals surface area contributed by atoms with Crippen molar-refractivity contribution in [3.05, 3.63) is 0 Å². The molecule has 1 aliphatic carbocycles. The molecule has 1 rings (SSSR count). The molecule has 0 heterocycles. The highest BCUT2D eigenvalue weighted by Crippen LogP contribution is 2.38. The first-order valence-electron chi connectivity index (χ1n) is 5.97. The fourth-order valence-corrected chi connectivity index (χ4v) is 2.05. The predicted octanol–water partition coefficient (Wildman–Crippen LogP) is 1.92. The van der Waals surface area contributed by atoms with E-state index in [-0.39, 0.29) is 12.0 Å². The molecule has 1 saturated carbocycles. The van der Waals surface area contributed by atoms with E-state index < -0.39 is 0 Å². The van der Waals surface area contributed by atoms with Gasteiger partial charge in [-0.15, -0.1) is 0 Å². The van der Waals surface area contributed by atoms with Crippen molar-refractivity contribution >= 4 is 5.97 Å². The summed E-state index contributed by atoms with van der Waals surface area (Å²) in [6.45, 7) is 7.66. The van der Waals surface area contributed by atoms with E-state index in [9.17, 15) is 4.79 Å². The zero-order chi connectivity index (χ0) is 11.4. The topological polar surface area (TPSA) is 29.5 Å². The third-order valence-electron chi connectivity index (χ3n) is 3.28. The van der Waals surface area contributed by atoms with Crippen LogP contribution < -0.4 is 0 Å². The molecule has 88 valence electrons. The standard InChI is InChI=1S/C12H23NO2/c1-5-11(12(14)15-6-2)13(4)8-10-7-9(10)3/h9-11H,5-8H2,1-4H3. The van der Waals surface area contributed by atoms with E-state index in [1.54, 1.807) is 0 Å². The molecule has 1 fully saturated rings. The Morgan fingerprint density at radius 1 is 1.53 bits per heavy atom. The van der Waals surface area contributed by atoms with Crippen molar-refractivity contribution < 1.29 is 9.53 Å². The van der Waals surface area contributed by atoms with Crippen LogP contribution >= 0.6 is 0 Å². The number of hydrogen-bond acceptors (Lipinski definition) is 3. The van der Waals surface area contributed by atoms with Gasteiger partial charge in [0.25, 0.3) is 0 Å². The van der Waals surface area contributed by atoms with Crippen LogP contribution in [-0.2, 0) is 9.53 Å². The van der Waals surface area contributed by atoms with E-state index in [1.807, 2.05) is 20.9 Å². The number of ether oxygens (including phenoxy) is 1. The number of carbonyl (C=O) groups excluding carboxylic acids is 1. The van der Waals surface area contributed by atoms with Crippen molar-refractivity contribution in [1.29, 1.82) is 0 Å². The number of esters is 1. The van der Waals surface area contributed by atoms with Crippen LogP contribution in [0, 0.1) is 11.8 Å². The Bertz CT molecular complexity index is 218. The molecule has 15 heavy (non-hydrogen) atoms. The van der Waals surface area contributed by atoms with Crippen molar-refractivity contribution in [1.82, 2.24) is 4.90 Å². The Morgan fingerprint density at radius 2 is 2.13 bits per heavy atom. The summed E-state index contributed by atoms with van der Waals surface area (Å²) < 4.78 is 5.06. The Labute approximate surface area is 92.8 Å². The number of rotatable bonds is 6. The van der Waals surface area contributed by atoms with Gasteiger partial charge in [0.1, 0.15) is 6.04 Å². The maximum atomic E-state index is 11.6. The van der Waals surface area contributed by atoms with E-state index in [0.717, 1.165) is 24.8 Å². The van der Waals surface area contributed by atoms with Crippen LogP contribution in [0.3, 0.4) is 0 Å². The lowest BCUT2D eigenvalue weighted by Crippen LogP contribution is -2.40. The van der Waals surface area contributed by atoms with E-state index >= 15 is 0 Å². The van der Waals surface area contributed by atoms with Crippen LogP contribution in [0.1, 0.15) is 33.6 Å². The van der Waals surface area contributed by atoms with Crippen molar-refractivity contribution in [3.63, 3.8) is 0 Å². The molecule has 0 spiro atoms. The second-order valence-corrected chi connectivity index (χ2v) is 4.59. The van der Waals surface area contributed by atoms with Crippen molar-refractivity contribution in [2.24, 2.45) is 11.8 Å². The molecule has 0 N–H and O–H groups in total. The summed E-state index contributed by atoms with van der Waals surface area (Å²) in [5.41, 5.74) is 0. The molecule has 1 aliphatic rings. The Morgan fingerprint density at radius 3 is 2.53 bits per heavy atom. The summed E-state index contributed by atoms with van der Waals surface area (Å²) in [7, 11) is 2.02. The maximum Gasteiger partial charge on any atom is 0.323 e. The molecule has 0 aromatic rings. The highest BCUT2D eigenvalue weighted by molar-refractivity contribution is 5.75. The van der Waals surface area contributed by atoms with Crippen molar-refractivity contribution in [2.75, 3.05) is 20.2 Å². The minimum Gasteiger partial charge on any atom is -0.465 e. The van der Waals surface area contributed by atoms with E-state index in [0.29, 0.717) is 6.61 Å². The normalized spacial score (nSPS) is 26.5. The fourth-order valence-electron chi connectivity index (χ4n) is 2.05. The number of hydrogen-bond donors (Lipinski definition) is 0. The Hall–Kier alpha value is -0.570. The van der Waals surface area contributed by atoms with Gasteiger partial charge in [0.2, 0.25) is 0 Å². The fraction of sp³-hybridized carbons (Fsp3) is 0.917. The minimum atomic E-state index is -0.0733. The zero-order valence-electron chi connectivity index (χ0n) is 10.3. The highest BCUT2D eigenvalue weighted by atomic mass is 16.5. The number of likely N-dealkylation sites (N-methyl/N-ethyl adjacent to an activating group) is 1. The van der Waals surface area contributed by atoms with E-state index in [2.05, 4.69) is 11.8 Å². The lowest BCUT2D eigenvalue weighted by Gasteiger charge is -2.25. The van der Waals surface area contributed by atoms with Gasteiger partial charge in [0.05, 0.1) is 6.61 Å². The monoisotopic (exact) mass is 213 g/mol. The average molecular weight is 213 g/mol. The SMILES string of the molecule is CCOC(=O)C(CC)N(C)CC1CC1C. The first kappa shape index (κ1) is 12.5. The van der Waals surface area contributed by atoms with Crippen molar-refractivity contribution in [3.8, 4) is 0 Å². The molecule has 0 radical (unpaired) electrons.